The number of nitrogens with one attached hydrogen (secondary N) is 3. The van der Waals surface area contributed by atoms with E-state index >= 15 is 0 Å². The molecule has 0 heterocycles. The summed E-state index contributed by atoms with van der Waals surface area (Å²) in [5.74, 6) is -0.168. The van der Waals surface area contributed by atoms with Crippen molar-refractivity contribution in [2.45, 2.75) is 38.8 Å². The van der Waals surface area contributed by atoms with Crippen molar-refractivity contribution < 1.29 is 28.7 Å². The predicted octanol–water partition coefficient (Wildman–Crippen LogP) is 0.996. The summed E-state index contributed by atoms with van der Waals surface area (Å²) in [6.45, 7) is 5.79. The van der Waals surface area contributed by atoms with Gasteiger partial charge in [0.15, 0.2) is 0 Å². The molecule has 3 N–H and O–H groups in total. The summed E-state index contributed by atoms with van der Waals surface area (Å²) in [6, 6.07) is 4.95. The first-order valence-electron chi connectivity index (χ1n) is 11.6. The Morgan fingerprint density at radius 1 is 1.06 bits per heavy atom. The lowest BCUT2D eigenvalue weighted by Gasteiger charge is -2.25. The van der Waals surface area contributed by atoms with E-state index in [1.807, 2.05) is 18.9 Å². The molecule has 0 fully saturated rings. The van der Waals surface area contributed by atoms with Crippen LogP contribution in [0.5, 0.6) is 0 Å². The smallest absolute Gasteiger partial charge is 0.225 e. The fraction of sp³-hybridized carbons (Fsp3) is 0.583. The van der Waals surface area contributed by atoms with Gasteiger partial charge < -0.3 is 30.2 Å². The molecule has 1 unspecified atom stereocenters. The second kappa shape index (κ2) is 18.7. The summed E-state index contributed by atoms with van der Waals surface area (Å²) in [4.78, 5) is 47.4. The maximum Gasteiger partial charge on any atom is 0.225 e. The van der Waals surface area contributed by atoms with Crippen LogP contribution in [0.3, 0.4) is 0 Å². The third kappa shape index (κ3) is 12.0. The molecule has 10 heteroatoms. The number of nitrogens with zero attached hydrogens (tertiary/aromatic N) is 1. The van der Waals surface area contributed by atoms with E-state index in [9.17, 15) is 19.2 Å². The summed E-state index contributed by atoms with van der Waals surface area (Å²) in [5, 5.41) is 8.55. The van der Waals surface area contributed by atoms with Gasteiger partial charge in [0.05, 0.1) is 32.5 Å². The number of anilines is 1. The molecule has 0 aliphatic heterocycles. The quantitative estimate of drug-likeness (QED) is 0.176. The van der Waals surface area contributed by atoms with Gasteiger partial charge in [0.1, 0.15) is 12.6 Å². The van der Waals surface area contributed by atoms with E-state index in [-0.39, 0.29) is 18.4 Å². The van der Waals surface area contributed by atoms with E-state index < -0.39 is 0 Å². The Labute approximate surface area is 201 Å². The van der Waals surface area contributed by atoms with E-state index in [4.69, 9.17) is 9.47 Å². The highest BCUT2D eigenvalue weighted by molar-refractivity contribution is 5.93. The summed E-state index contributed by atoms with van der Waals surface area (Å²) < 4.78 is 10.7. The van der Waals surface area contributed by atoms with Crippen LogP contribution in [-0.2, 0) is 30.4 Å². The molecule has 0 bridgehead atoms. The number of likely N-dealkylation sites (N-methyl/N-ethyl adjacent to an activating group) is 1. The van der Waals surface area contributed by atoms with Crippen LogP contribution < -0.4 is 16.0 Å². The lowest BCUT2D eigenvalue weighted by atomic mass is 10.0. The molecule has 1 atom stereocenters. The number of carbonyl (C=O) groups is 4. The highest BCUT2D eigenvalue weighted by Crippen LogP contribution is 2.22. The Morgan fingerprint density at radius 3 is 2.44 bits per heavy atom. The molecule has 10 nitrogen and oxygen atoms in total. The molecule has 0 aliphatic rings. The molecule has 2 amide bonds. The molecule has 190 valence electrons. The average Bonchev–Trinajstić information content (AvgIpc) is 2.84. The Kier molecular flexibility index (Phi) is 16.2. The number of benzene rings is 1. The Hall–Kier alpha value is -2.66. The fourth-order valence-corrected chi connectivity index (χ4v) is 3.26. The lowest BCUT2D eigenvalue weighted by molar-refractivity contribution is -0.116. The SMILES string of the molecule is CCCC(C=O)N(C)Cc1c(C=O)cccc1NC(=O)CCNCCOCCOCCNC=O. The molecule has 34 heavy (non-hydrogen) atoms. The van der Waals surface area contributed by atoms with Crippen molar-refractivity contribution >= 4 is 30.6 Å². The second-order valence-electron chi connectivity index (χ2n) is 7.74. The van der Waals surface area contributed by atoms with Gasteiger partial charge in [0, 0.05) is 49.4 Å². The monoisotopic (exact) mass is 478 g/mol. The van der Waals surface area contributed by atoms with Crippen LogP contribution in [0.25, 0.3) is 0 Å². The van der Waals surface area contributed by atoms with Crippen LogP contribution >= 0.6 is 0 Å². The van der Waals surface area contributed by atoms with Crippen molar-refractivity contribution in [1.29, 1.82) is 0 Å². The molecule has 0 radical (unpaired) electrons. The Balaban J connectivity index is 2.39. The van der Waals surface area contributed by atoms with E-state index in [0.717, 1.165) is 25.4 Å². The third-order valence-corrected chi connectivity index (χ3v) is 5.13. The number of hydrogen-bond donors (Lipinski definition) is 3. The first-order chi connectivity index (χ1) is 16.6. The zero-order valence-corrected chi connectivity index (χ0v) is 20.2. The minimum atomic E-state index is -0.245. The third-order valence-electron chi connectivity index (χ3n) is 5.13. The Morgan fingerprint density at radius 2 is 1.79 bits per heavy atom. The van der Waals surface area contributed by atoms with Gasteiger partial charge in [-0.05, 0) is 19.5 Å². The summed E-state index contributed by atoms with van der Waals surface area (Å²) in [7, 11) is 1.84. The summed E-state index contributed by atoms with van der Waals surface area (Å²) >= 11 is 0. The van der Waals surface area contributed by atoms with Crippen LogP contribution in [0.1, 0.15) is 42.1 Å². The standard InChI is InChI=1S/C24H38N4O6/c1-3-5-21(18-30)28(2)16-22-20(17-29)6-4-7-23(22)27-24(32)8-9-25-10-12-33-14-15-34-13-11-26-19-31/h4,6-7,17-19,21,25H,3,5,8-16H2,1-2H3,(H,26,31)(H,27,32). The second-order valence-corrected chi connectivity index (χ2v) is 7.74. The number of hydrogen-bond acceptors (Lipinski definition) is 8. The van der Waals surface area contributed by atoms with Gasteiger partial charge in [0.25, 0.3) is 0 Å². The Bertz CT molecular complexity index is 746. The summed E-state index contributed by atoms with van der Waals surface area (Å²) in [6.07, 6.45) is 4.18. The van der Waals surface area contributed by atoms with Gasteiger partial charge in [-0.15, -0.1) is 0 Å². The molecule has 1 rings (SSSR count). The largest absolute Gasteiger partial charge is 0.378 e. The van der Waals surface area contributed by atoms with E-state index in [0.29, 0.717) is 75.8 Å². The first kappa shape index (κ1) is 29.4. The zero-order valence-electron chi connectivity index (χ0n) is 20.2. The summed E-state index contributed by atoms with van der Waals surface area (Å²) in [5.41, 5.74) is 1.76. The highest BCUT2D eigenvalue weighted by Gasteiger charge is 2.18. The van der Waals surface area contributed by atoms with Gasteiger partial charge >= 0.3 is 0 Å². The number of carbonyl (C=O) groups excluding carboxylic acids is 4. The van der Waals surface area contributed by atoms with Crippen molar-refractivity contribution in [1.82, 2.24) is 15.5 Å². The van der Waals surface area contributed by atoms with E-state index in [1.54, 1.807) is 18.2 Å². The van der Waals surface area contributed by atoms with Crippen molar-refractivity contribution in [3.8, 4) is 0 Å². The first-order valence-corrected chi connectivity index (χ1v) is 11.6. The molecule has 0 saturated carbocycles. The molecular formula is C24H38N4O6. The fourth-order valence-electron chi connectivity index (χ4n) is 3.26. The molecule has 0 spiro atoms. The van der Waals surface area contributed by atoms with Crippen LogP contribution in [-0.4, -0.2) is 88.9 Å². The molecule has 1 aromatic carbocycles. The minimum absolute atomic E-state index is 0.168. The van der Waals surface area contributed by atoms with Gasteiger partial charge in [0.2, 0.25) is 12.3 Å². The molecule has 0 aliphatic carbocycles. The normalized spacial score (nSPS) is 11.7. The molecule has 0 saturated heterocycles. The molecular weight excluding hydrogens is 440 g/mol. The van der Waals surface area contributed by atoms with Gasteiger partial charge in [-0.3, -0.25) is 19.3 Å². The van der Waals surface area contributed by atoms with Crippen molar-refractivity contribution in [3.05, 3.63) is 29.3 Å². The van der Waals surface area contributed by atoms with Crippen LogP contribution in [0.4, 0.5) is 5.69 Å². The lowest BCUT2D eigenvalue weighted by Crippen LogP contribution is -2.33. The van der Waals surface area contributed by atoms with E-state index in [1.165, 1.54) is 0 Å². The van der Waals surface area contributed by atoms with Gasteiger partial charge in [-0.2, -0.15) is 0 Å². The van der Waals surface area contributed by atoms with Crippen LogP contribution in [0.2, 0.25) is 0 Å². The highest BCUT2D eigenvalue weighted by atomic mass is 16.5. The average molecular weight is 479 g/mol. The number of amides is 2. The molecule has 0 aromatic heterocycles. The molecule has 1 aromatic rings. The number of ether oxygens (including phenoxy) is 2. The van der Waals surface area contributed by atoms with Crippen molar-refractivity contribution in [2.75, 3.05) is 58.4 Å². The van der Waals surface area contributed by atoms with Crippen LogP contribution in [0.15, 0.2) is 18.2 Å². The predicted molar refractivity (Wildman–Crippen MR) is 130 cm³/mol. The topological polar surface area (TPSA) is 126 Å². The zero-order chi connectivity index (χ0) is 25.0. The van der Waals surface area contributed by atoms with Gasteiger partial charge in [-0.25, -0.2) is 0 Å². The van der Waals surface area contributed by atoms with E-state index in [2.05, 4.69) is 16.0 Å². The van der Waals surface area contributed by atoms with Crippen molar-refractivity contribution in [3.63, 3.8) is 0 Å². The number of rotatable bonds is 21. The van der Waals surface area contributed by atoms with Crippen LogP contribution in [0, 0.1) is 0 Å². The van der Waals surface area contributed by atoms with Gasteiger partial charge in [-0.1, -0.05) is 25.5 Å². The minimum Gasteiger partial charge on any atom is -0.378 e. The maximum absolute atomic E-state index is 12.4. The number of aldehydes is 2. The maximum atomic E-state index is 12.4. The van der Waals surface area contributed by atoms with Crippen molar-refractivity contribution in [2.24, 2.45) is 0 Å².